The van der Waals surface area contributed by atoms with Gasteiger partial charge in [-0.2, -0.15) is 18.4 Å². The molecule has 0 saturated carbocycles. The lowest BCUT2D eigenvalue weighted by Gasteiger charge is -2.51. The summed E-state index contributed by atoms with van der Waals surface area (Å²) in [6.45, 7) is 7.27. The first-order chi connectivity index (χ1) is 16.1. The lowest BCUT2D eigenvalue weighted by atomic mass is 9.81. The summed E-state index contributed by atoms with van der Waals surface area (Å²) < 4.78 is 47.7. The van der Waals surface area contributed by atoms with E-state index in [0.29, 0.717) is 43.7 Å². The van der Waals surface area contributed by atoms with Crippen LogP contribution in [0.4, 0.5) is 13.2 Å². The van der Waals surface area contributed by atoms with E-state index in [-0.39, 0.29) is 25.1 Å². The van der Waals surface area contributed by atoms with Crippen LogP contribution in [0.2, 0.25) is 0 Å². The molecule has 1 aromatic carbocycles. The van der Waals surface area contributed by atoms with Crippen molar-refractivity contribution in [2.45, 2.75) is 58.0 Å². The normalized spacial score (nSPS) is 18.1. The zero-order chi connectivity index (χ0) is 24.7. The SMILES string of the molecule is Cc1cc(C(=O)N2CCC3(CC2)c2ccc(C(F)(F)F)n2CCN3CC#N)ccc1OC(C)C. The third kappa shape index (κ3) is 4.27. The maximum Gasteiger partial charge on any atom is 0.431 e. The van der Waals surface area contributed by atoms with E-state index in [4.69, 9.17) is 4.74 Å². The number of carbonyl (C=O) groups excluding carboxylic acids is 1. The number of likely N-dealkylation sites (tertiary alicyclic amines) is 1. The highest BCUT2D eigenvalue weighted by atomic mass is 19.4. The van der Waals surface area contributed by atoms with E-state index in [2.05, 4.69) is 6.07 Å². The highest BCUT2D eigenvalue weighted by Crippen LogP contribution is 2.44. The molecule has 6 nitrogen and oxygen atoms in total. The number of nitrogens with zero attached hydrogens (tertiary/aromatic N) is 4. The fourth-order valence-electron chi connectivity index (χ4n) is 5.28. The molecule has 0 aliphatic carbocycles. The summed E-state index contributed by atoms with van der Waals surface area (Å²) in [4.78, 5) is 16.9. The van der Waals surface area contributed by atoms with E-state index >= 15 is 0 Å². The van der Waals surface area contributed by atoms with Crippen molar-refractivity contribution in [3.05, 3.63) is 52.8 Å². The minimum Gasteiger partial charge on any atom is -0.491 e. The average Bonchev–Trinajstić information content (AvgIpc) is 3.23. The molecule has 2 aliphatic heterocycles. The maximum absolute atomic E-state index is 13.5. The Bertz CT molecular complexity index is 1110. The second-order valence-corrected chi connectivity index (χ2v) is 9.30. The van der Waals surface area contributed by atoms with Crippen LogP contribution in [-0.4, -0.2) is 52.6 Å². The Labute approximate surface area is 197 Å². The van der Waals surface area contributed by atoms with Gasteiger partial charge in [0.05, 0.1) is 24.3 Å². The van der Waals surface area contributed by atoms with E-state index < -0.39 is 17.4 Å². The van der Waals surface area contributed by atoms with Crippen LogP contribution >= 0.6 is 0 Å². The smallest absolute Gasteiger partial charge is 0.431 e. The van der Waals surface area contributed by atoms with Gasteiger partial charge in [-0.15, -0.1) is 0 Å². The van der Waals surface area contributed by atoms with Gasteiger partial charge in [0.15, 0.2) is 0 Å². The van der Waals surface area contributed by atoms with E-state index in [1.54, 1.807) is 23.1 Å². The number of amides is 1. The number of ether oxygens (including phenoxy) is 1. The summed E-state index contributed by atoms with van der Waals surface area (Å²) in [5.74, 6) is 0.628. The Hall–Kier alpha value is -2.99. The number of nitriles is 1. The van der Waals surface area contributed by atoms with E-state index in [9.17, 15) is 23.2 Å². The van der Waals surface area contributed by atoms with Crippen LogP contribution < -0.4 is 4.74 Å². The molecule has 2 aliphatic rings. The molecule has 2 aromatic rings. The van der Waals surface area contributed by atoms with Crippen LogP contribution in [0.1, 0.15) is 54.0 Å². The highest BCUT2D eigenvalue weighted by Gasteiger charge is 2.48. The summed E-state index contributed by atoms with van der Waals surface area (Å²) in [5, 5.41) is 9.35. The van der Waals surface area contributed by atoms with Gasteiger partial charge in [0.2, 0.25) is 0 Å². The summed E-state index contributed by atoms with van der Waals surface area (Å²) >= 11 is 0. The van der Waals surface area contributed by atoms with Crippen molar-refractivity contribution in [2.75, 3.05) is 26.2 Å². The predicted molar refractivity (Wildman–Crippen MR) is 120 cm³/mol. The molecule has 182 valence electrons. The molecule has 1 spiro atoms. The summed E-state index contributed by atoms with van der Waals surface area (Å²) in [7, 11) is 0. The minimum atomic E-state index is -4.43. The van der Waals surface area contributed by atoms with Gasteiger partial charge in [0.25, 0.3) is 5.91 Å². The highest BCUT2D eigenvalue weighted by molar-refractivity contribution is 5.94. The summed E-state index contributed by atoms with van der Waals surface area (Å²) in [5.41, 5.74) is 0.664. The monoisotopic (exact) mass is 474 g/mol. The molecule has 0 N–H and O–H groups in total. The molecule has 4 rings (SSSR count). The third-order valence-corrected chi connectivity index (χ3v) is 6.87. The fraction of sp³-hybridized carbons (Fsp3) is 0.520. The number of fused-ring (bicyclic) bond motifs is 2. The zero-order valence-electron chi connectivity index (χ0n) is 19.7. The van der Waals surface area contributed by atoms with Gasteiger partial charge in [-0.05, 0) is 69.5 Å². The molecular formula is C25H29F3N4O2. The number of hydrogen-bond donors (Lipinski definition) is 0. The van der Waals surface area contributed by atoms with Crippen LogP contribution in [0.3, 0.4) is 0 Å². The number of halogens is 3. The molecular weight excluding hydrogens is 445 g/mol. The lowest BCUT2D eigenvalue weighted by molar-refractivity contribution is -0.145. The molecule has 0 bridgehead atoms. The number of hydrogen-bond acceptors (Lipinski definition) is 4. The van der Waals surface area contributed by atoms with Gasteiger partial charge in [-0.25, -0.2) is 0 Å². The van der Waals surface area contributed by atoms with Gasteiger partial charge in [-0.3, -0.25) is 9.69 Å². The molecule has 0 unspecified atom stereocenters. The van der Waals surface area contributed by atoms with Crippen LogP contribution in [0.15, 0.2) is 30.3 Å². The second-order valence-electron chi connectivity index (χ2n) is 9.30. The molecule has 9 heteroatoms. The Balaban J connectivity index is 1.57. The minimum absolute atomic E-state index is 0.0298. The molecule has 3 heterocycles. The second kappa shape index (κ2) is 8.99. The Morgan fingerprint density at radius 2 is 1.85 bits per heavy atom. The number of aromatic nitrogens is 1. The predicted octanol–water partition coefficient (Wildman–Crippen LogP) is 4.57. The fourth-order valence-corrected chi connectivity index (χ4v) is 5.28. The average molecular weight is 475 g/mol. The maximum atomic E-state index is 13.5. The van der Waals surface area contributed by atoms with Crippen LogP contribution in [-0.2, 0) is 18.3 Å². The lowest BCUT2D eigenvalue weighted by Crippen LogP contribution is -2.58. The van der Waals surface area contributed by atoms with Crippen molar-refractivity contribution >= 4 is 5.91 Å². The number of benzene rings is 1. The van der Waals surface area contributed by atoms with Crippen molar-refractivity contribution in [2.24, 2.45) is 0 Å². The molecule has 1 saturated heterocycles. The standard InChI is InChI=1S/C25H29F3N4O2/c1-17(2)34-20-5-4-19(16-18(20)3)23(33)30-11-8-24(9-12-30)21-6-7-22(25(26,27)28)32(21)15-14-31(24)13-10-29/h4-7,16-17H,8-9,11-15H2,1-3H3. The number of aryl methyl sites for hydroxylation is 1. The van der Waals surface area contributed by atoms with E-state index in [1.807, 2.05) is 31.7 Å². The van der Waals surface area contributed by atoms with Crippen molar-refractivity contribution in [3.63, 3.8) is 0 Å². The van der Waals surface area contributed by atoms with Crippen LogP contribution in [0, 0.1) is 18.3 Å². The molecule has 1 amide bonds. The Kier molecular flexibility index (Phi) is 6.38. The first-order valence-electron chi connectivity index (χ1n) is 11.5. The zero-order valence-corrected chi connectivity index (χ0v) is 19.7. The van der Waals surface area contributed by atoms with Crippen molar-refractivity contribution in [3.8, 4) is 11.8 Å². The van der Waals surface area contributed by atoms with E-state index in [1.165, 1.54) is 4.57 Å². The van der Waals surface area contributed by atoms with Crippen molar-refractivity contribution in [1.29, 1.82) is 5.26 Å². The molecule has 0 radical (unpaired) electrons. The first kappa shape index (κ1) is 24.1. The van der Waals surface area contributed by atoms with Crippen LogP contribution in [0.5, 0.6) is 5.75 Å². The number of alkyl halides is 3. The molecule has 1 aromatic heterocycles. The van der Waals surface area contributed by atoms with Gasteiger partial charge < -0.3 is 14.2 Å². The van der Waals surface area contributed by atoms with Gasteiger partial charge in [-0.1, -0.05) is 0 Å². The van der Waals surface area contributed by atoms with Gasteiger partial charge in [0.1, 0.15) is 11.4 Å². The Morgan fingerprint density at radius 1 is 1.15 bits per heavy atom. The molecule has 34 heavy (non-hydrogen) atoms. The number of carbonyl (C=O) groups is 1. The van der Waals surface area contributed by atoms with Gasteiger partial charge in [0, 0.05) is 37.4 Å². The first-order valence-corrected chi connectivity index (χ1v) is 11.5. The quantitative estimate of drug-likeness (QED) is 0.609. The number of piperidine rings is 1. The van der Waals surface area contributed by atoms with Crippen molar-refractivity contribution in [1.82, 2.24) is 14.4 Å². The van der Waals surface area contributed by atoms with Crippen LogP contribution in [0.25, 0.3) is 0 Å². The Morgan fingerprint density at radius 3 is 2.44 bits per heavy atom. The summed E-state index contributed by atoms with van der Waals surface area (Å²) in [6, 6.07) is 10.2. The largest absolute Gasteiger partial charge is 0.491 e. The van der Waals surface area contributed by atoms with E-state index in [0.717, 1.165) is 17.4 Å². The third-order valence-electron chi connectivity index (χ3n) is 6.87. The number of rotatable bonds is 4. The molecule has 0 atom stereocenters. The molecule has 1 fully saturated rings. The topological polar surface area (TPSA) is 61.5 Å². The summed E-state index contributed by atoms with van der Waals surface area (Å²) in [6.07, 6.45) is -3.47. The van der Waals surface area contributed by atoms with Gasteiger partial charge >= 0.3 is 6.18 Å². The van der Waals surface area contributed by atoms with Crippen molar-refractivity contribution < 1.29 is 22.7 Å².